The lowest BCUT2D eigenvalue weighted by Gasteiger charge is -2.25. The molecule has 0 aromatic heterocycles. The Kier molecular flexibility index (Phi) is 7.18. The Morgan fingerprint density at radius 3 is 2.58 bits per heavy atom. The van der Waals surface area contributed by atoms with Crippen molar-refractivity contribution >= 4 is 23.6 Å². The summed E-state index contributed by atoms with van der Waals surface area (Å²) in [5.74, 6) is -1.63. The molecule has 1 aliphatic heterocycles. The van der Waals surface area contributed by atoms with Gasteiger partial charge in [-0.3, -0.25) is 19.2 Å². The van der Waals surface area contributed by atoms with E-state index in [2.05, 4.69) is 16.1 Å². The molecule has 10 nitrogen and oxygen atoms in total. The third-order valence-corrected chi connectivity index (χ3v) is 3.63. The third kappa shape index (κ3) is 5.23. The predicted molar refractivity (Wildman–Crippen MR) is 85.9 cm³/mol. The van der Waals surface area contributed by atoms with Crippen molar-refractivity contribution in [3.63, 3.8) is 0 Å². The van der Waals surface area contributed by atoms with Crippen LogP contribution in [0.25, 0.3) is 0 Å². The van der Waals surface area contributed by atoms with Gasteiger partial charge in [0.15, 0.2) is 0 Å². The average molecular weight is 340 g/mol. The van der Waals surface area contributed by atoms with E-state index in [1.165, 1.54) is 24.0 Å². The molecule has 24 heavy (non-hydrogen) atoms. The molecule has 134 valence electrons. The number of nitrogens with two attached hydrogens (primary N) is 1. The number of hydrogen-bond donors (Lipinski definition) is 4. The molecule has 2 unspecified atom stereocenters. The van der Waals surface area contributed by atoms with E-state index in [0.29, 0.717) is 6.42 Å². The summed E-state index contributed by atoms with van der Waals surface area (Å²) in [6, 6.07) is -1.38. The summed E-state index contributed by atoms with van der Waals surface area (Å²) in [5, 5.41) is 6.43. The van der Waals surface area contributed by atoms with Gasteiger partial charge >= 0.3 is 0 Å². The summed E-state index contributed by atoms with van der Waals surface area (Å²) in [5.41, 5.74) is 8.04. The Labute approximate surface area is 140 Å². The molecule has 0 spiro atoms. The molecule has 0 fully saturated rings. The first-order chi connectivity index (χ1) is 11.3. The van der Waals surface area contributed by atoms with Crippen LogP contribution in [0.5, 0.6) is 0 Å². The van der Waals surface area contributed by atoms with Crippen LogP contribution in [-0.2, 0) is 19.2 Å². The Morgan fingerprint density at radius 2 is 2.04 bits per heavy atom. The highest BCUT2D eigenvalue weighted by Crippen LogP contribution is 2.03. The van der Waals surface area contributed by atoms with Crippen molar-refractivity contribution < 1.29 is 19.2 Å². The van der Waals surface area contributed by atoms with Gasteiger partial charge in [-0.15, -0.1) is 0 Å². The van der Waals surface area contributed by atoms with Gasteiger partial charge in [-0.2, -0.15) is 0 Å². The monoisotopic (exact) mass is 340 g/mol. The number of amides is 4. The van der Waals surface area contributed by atoms with Crippen LogP contribution >= 0.6 is 0 Å². The fourth-order valence-electron chi connectivity index (χ4n) is 2.17. The molecule has 0 saturated heterocycles. The van der Waals surface area contributed by atoms with Crippen LogP contribution in [0.1, 0.15) is 13.3 Å². The second-order valence-corrected chi connectivity index (χ2v) is 5.30. The zero-order valence-corrected chi connectivity index (χ0v) is 14.0. The molecule has 1 aliphatic rings. The number of likely N-dealkylation sites (N-methyl/N-ethyl adjacent to an activating group) is 2. The van der Waals surface area contributed by atoms with Gasteiger partial charge in [-0.05, 0) is 12.5 Å². The van der Waals surface area contributed by atoms with Gasteiger partial charge in [-0.25, -0.2) is 5.43 Å². The van der Waals surface area contributed by atoms with Gasteiger partial charge in [0, 0.05) is 20.3 Å². The number of carbonyl (C=O) groups excluding carboxylic acids is 4. The summed E-state index contributed by atoms with van der Waals surface area (Å²) in [7, 11) is 2.98. The summed E-state index contributed by atoms with van der Waals surface area (Å²) >= 11 is 0. The van der Waals surface area contributed by atoms with E-state index in [9.17, 15) is 19.2 Å². The molecular formula is C14H24N6O4. The van der Waals surface area contributed by atoms with Gasteiger partial charge in [-0.1, -0.05) is 6.92 Å². The Balaban J connectivity index is 2.44. The lowest BCUT2D eigenvalue weighted by atomic mass is 10.2. The SMILES string of the molecule is CCC(C(N)=O)N(C)C(=O)CNC(=O)C1C=CN(CC(=O)NC)N1. The Bertz CT molecular complexity index is 535. The summed E-state index contributed by atoms with van der Waals surface area (Å²) < 4.78 is 0. The third-order valence-electron chi connectivity index (χ3n) is 3.63. The minimum Gasteiger partial charge on any atom is -0.368 e. The molecule has 2 atom stereocenters. The molecule has 0 aromatic rings. The molecule has 5 N–H and O–H groups in total. The maximum Gasteiger partial charge on any atom is 0.243 e. The van der Waals surface area contributed by atoms with Crippen molar-refractivity contribution in [1.29, 1.82) is 0 Å². The number of hydrogen-bond acceptors (Lipinski definition) is 6. The van der Waals surface area contributed by atoms with Gasteiger partial charge in [0.2, 0.25) is 23.6 Å². The van der Waals surface area contributed by atoms with E-state index in [1.807, 2.05) is 0 Å². The van der Waals surface area contributed by atoms with E-state index in [1.54, 1.807) is 19.2 Å². The van der Waals surface area contributed by atoms with Crippen molar-refractivity contribution in [2.24, 2.45) is 5.73 Å². The molecule has 0 aliphatic carbocycles. The maximum absolute atomic E-state index is 12.0. The summed E-state index contributed by atoms with van der Waals surface area (Å²) in [6.45, 7) is 1.56. The van der Waals surface area contributed by atoms with E-state index < -0.39 is 29.8 Å². The second-order valence-electron chi connectivity index (χ2n) is 5.30. The molecule has 1 heterocycles. The van der Waals surface area contributed by atoms with Crippen molar-refractivity contribution in [2.75, 3.05) is 27.2 Å². The molecule has 0 radical (unpaired) electrons. The normalized spacial score (nSPS) is 17.3. The predicted octanol–water partition coefficient (Wildman–Crippen LogP) is -2.73. The van der Waals surface area contributed by atoms with Crippen LogP contribution in [0.3, 0.4) is 0 Å². The van der Waals surface area contributed by atoms with Gasteiger partial charge in [0.05, 0.1) is 6.54 Å². The van der Waals surface area contributed by atoms with Crippen molar-refractivity contribution in [1.82, 2.24) is 26.0 Å². The minimum absolute atomic E-state index is 0.0647. The lowest BCUT2D eigenvalue weighted by molar-refractivity contribution is -0.138. The Morgan fingerprint density at radius 1 is 1.38 bits per heavy atom. The first-order valence-electron chi connectivity index (χ1n) is 7.54. The van der Waals surface area contributed by atoms with Gasteiger partial charge < -0.3 is 26.3 Å². The van der Waals surface area contributed by atoms with E-state index >= 15 is 0 Å². The summed E-state index contributed by atoms with van der Waals surface area (Å²) in [4.78, 5) is 47.8. The van der Waals surface area contributed by atoms with Crippen LogP contribution in [0.15, 0.2) is 12.3 Å². The molecule has 0 aromatic carbocycles. The first kappa shape index (κ1) is 19.4. The number of carbonyl (C=O) groups is 4. The molecular weight excluding hydrogens is 316 g/mol. The fourth-order valence-corrected chi connectivity index (χ4v) is 2.17. The van der Waals surface area contributed by atoms with E-state index in [4.69, 9.17) is 5.73 Å². The minimum atomic E-state index is -0.707. The van der Waals surface area contributed by atoms with E-state index in [-0.39, 0.29) is 19.0 Å². The zero-order chi connectivity index (χ0) is 18.3. The number of primary amides is 1. The molecule has 4 amide bonds. The molecule has 0 bridgehead atoms. The van der Waals surface area contributed by atoms with Gasteiger partial charge in [0.25, 0.3) is 0 Å². The largest absolute Gasteiger partial charge is 0.368 e. The highest BCUT2D eigenvalue weighted by atomic mass is 16.2. The van der Waals surface area contributed by atoms with Crippen molar-refractivity contribution in [2.45, 2.75) is 25.4 Å². The fraction of sp³-hybridized carbons (Fsp3) is 0.571. The number of hydrazine groups is 1. The van der Waals surface area contributed by atoms with Crippen LogP contribution < -0.4 is 21.8 Å². The maximum atomic E-state index is 12.0. The molecule has 10 heteroatoms. The molecule has 0 saturated carbocycles. The van der Waals surface area contributed by atoms with Crippen LogP contribution in [-0.4, -0.2) is 72.8 Å². The number of rotatable bonds is 8. The number of nitrogens with zero attached hydrogens (tertiary/aromatic N) is 2. The van der Waals surface area contributed by atoms with Crippen LogP contribution in [0.2, 0.25) is 0 Å². The van der Waals surface area contributed by atoms with Crippen molar-refractivity contribution in [3.8, 4) is 0 Å². The highest BCUT2D eigenvalue weighted by Gasteiger charge is 2.26. The van der Waals surface area contributed by atoms with E-state index in [0.717, 1.165) is 0 Å². The van der Waals surface area contributed by atoms with Crippen LogP contribution in [0.4, 0.5) is 0 Å². The number of nitrogens with one attached hydrogen (secondary N) is 3. The quantitative estimate of drug-likeness (QED) is 0.379. The summed E-state index contributed by atoms with van der Waals surface area (Å²) in [6.07, 6.45) is 3.55. The molecule has 1 rings (SSSR count). The average Bonchev–Trinajstić information content (AvgIpc) is 3.00. The lowest BCUT2D eigenvalue weighted by Crippen LogP contribution is -2.51. The highest BCUT2D eigenvalue weighted by molar-refractivity contribution is 5.91. The van der Waals surface area contributed by atoms with Gasteiger partial charge in [0.1, 0.15) is 18.6 Å². The standard InChI is InChI=1S/C14H24N6O4/c1-4-10(13(15)23)19(3)12(22)7-17-14(24)9-5-6-20(18-9)8-11(21)16-2/h5-6,9-10,18H,4,7-8H2,1-3H3,(H2,15,23)(H,16,21)(H,17,24). The smallest absolute Gasteiger partial charge is 0.243 e. The first-order valence-corrected chi connectivity index (χ1v) is 7.54. The Hall–Kier alpha value is -2.62. The topological polar surface area (TPSA) is 137 Å². The zero-order valence-electron chi connectivity index (χ0n) is 14.0. The van der Waals surface area contributed by atoms with Crippen LogP contribution in [0, 0.1) is 0 Å². The second kappa shape index (κ2) is 8.87. The van der Waals surface area contributed by atoms with Crippen molar-refractivity contribution in [3.05, 3.63) is 12.3 Å².